The van der Waals surface area contributed by atoms with E-state index in [1.54, 1.807) is 18.2 Å². The molecule has 2 atom stereocenters. The van der Waals surface area contributed by atoms with Crippen LogP contribution < -0.4 is 5.32 Å². The molecule has 6 heteroatoms. The predicted octanol–water partition coefficient (Wildman–Crippen LogP) is 3.33. The summed E-state index contributed by atoms with van der Waals surface area (Å²) >= 11 is 5.99. The lowest BCUT2D eigenvalue weighted by Gasteiger charge is -2.39. The molecule has 23 heavy (non-hydrogen) atoms. The van der Waals surface area contributed by atoms with E-state index in [1.165, 1.54) is 13.5 Å². The highest BCUT2D eigenvalue weighted by molar-refractivity contribution is 6.33. The molecule has 1 heterocycles. The summed E-state index contributed by atoms with van der Waals surface area (Å²) < 4.78 is 4.69. The predicted molar refractivity (Wildman–Crippen MR) is 90.9 cm³/mol. The largest absolute Gasteiger partial charge is 0.465 e. The highest BCUT2D eigenvalue weighted by Gasteiger charge is 2.28. The van der Waals surface area contributed by atoms with Crippen LogP contribution in [0.15, 0.2) is 18.2 Å². The summed E-state index contributed by atoms with van der Waals surface area (Å²) in [5.41, 5.74) is 0.951. The number of piperidine rings is 1. The molecule has 1 N–H and O–H groups in total. The molecule has 0 aromatic heterocycles. The number of nitrogens with zero attached hydrogens (tertiary/aromatic N) is 1. The van der Waals surface area contributed by atoms with Gasteiger partial charge in [-0.25, -0.2) is 4.79 Å². The number of nitrogens with one attached hydrogen (secondary N) is 1. The van der Waals surface area contributed by atoms with E-state index in [0.29, 0.717) is 10.7 Å². The topological polar surface area (TPSA) is 58.6 Å². The van der Waals surface area contributed by atoms with E-state index in [4.69, 9.17) is 16.3 Å². The Morgan fingerprint density at radius 1 is 1.30 bits per heavy atom. The molecule has 1 aliphatic rings. The minimum absolute atomic E-state index is 0.0688. The van der Waals surface area contributed by atoms with Crippen LogP contribution in [0.5, 0.6) is 0 Å². The first kappa shape index (κ1) is 17.6. The lowest BCUT2D eigenvalue weighted by atomic mass is 9.97. The lowest BCUT2D eigenvalue weighted by Crippen LogP contribution is -2.49. The average Bonchev–Trinajstić information content (AvgIpc) is 2.53. The highest BCUT2D eigenvalue weighted by Crippen LogP contribution is 2.24. The third-order valence-electron chi connectivity index (χ3n) is 4.30. The molecule has 5 nitrogen and oxygen atoms in total. The second-order valence-corrected chi connectivity index (χ2v) is 6.38. The number of halogens is 1. The van der Waals surface area contributed by atoms with Crippen LogP contribution in [0.25, 0.3) is 0 Å². The average molecular weight is 339 g/mol. The Kier molecular flexibility index (Phi) is 5.88. The smallest absolute Gasteiger partial charge is 0.339 e. The molecule has 1 fully saturated rings. The van der Waals surface area contributed by atoms with Crippen molar-refractivity contribution in [3.63, 3.8) is 0 Å². The zero-order valence-electron chi connectivity index (χ0n) is 13.8. The van der Waals surface area contributed by atoms with Gasteiger partial charge in [0.1, 0.15) is 0 Å². The highest BCUT2D eigenvalue weighted by atomic mass is 35.5. The van der Waals surface area contributed by atoms with Crippen LogP contribution in [0.2, 0.25) is 5.02 Å². The van der Waals surface area contributed by atoms with E-state index in [2.05, 4.69) is 19.2 Å². The number of carbonyl (C=O) groups excluding carboxylic acids is 2. The fraction of sp³-hybridized carbons (Fsp3) is 0.529. The maximum Gasteiger partial charge on any atom is 0.339 e. The molecule has 1 aromatic carbocycles. The SMILES string of the molecule is COC(=O)c1cc(NCC(=O)N2[C@@H](C)CCC[C@@H]2C)ccc1Cl. The molecule has 2 rings (SSSR count). The summed E-state index contributed by atoms with van der Waals surface area (Å²) in [4.78, 5) is 26.1. The van der Waals surface area contributed by atoms with Crippen LogP contribution in [0.1, 0.15) is 43.5 Å². The number of hydrogen-bond donors (Lipinski definition) is 1. The van der Waals surface area contributed by atoms with Gasteiger partial charge in [0, 0.05) is 17.8 Å². The normalized spacial score (nSPS) is 21.0. The van der Waals surface area contributed by atoms with Crippen LogP contribution in [0, 0.1) is 0 Å². The molecule has 1 aromatic rings. The van der Waals surface area contributed by atoms with Crippen molar-refractivity contribution in [2.75, 3.05) is 19.0 Å². The molecule has 0 radical (unpaired) electrons. The summed E-state index contributed by atoms with van der Waals surface area (Å²) in [6, 6.07) is 5.50. The molecule has 1 amide bonds. The zero-order valence-corrected chi connectivity index (χ0v) is 14.5. The Morgan fingerprint density at radius 3 is 2.57 bits per heavy atom. The van der Waals surface area contributed by atoms with Crippen molar-refractivity contribution >= 4 is 29.2 Å². The van der Waals surface area contributed by atoms with Crippen molar-refractivity contribution in [1.29, 1.82) is 0 Å². The molecule has 1 aliphatic heterocycles. The van der Waals surface area contributed by atoms with E-state index < -0.39 is 5.97 Å². The first-order valence-corrected chi connectivity index (χ1v) is 8.24. The Bertz CT molecular complexity index is 581. The van der Waals surface area contributed by atoms with Crippen molar-refractivity contribution in [3.8, 4) is 0 Å². The Hall–Kier alpha value is -1.75. The summed E-state index contributed by atoms with van der Waals surface area (Å²) in [6.07, 6.45) is 3.26. The number of likely N-dealkylation sites (tertiary alicyclic amines) is 1. The van der Waals surface area contributed by atoms with E-state index in [0.717, 1.165) is 12.8 Å². The zero-order chi connectivity index (χ0) is 17.0. The van der Waals surface area contributed by atoms with Gasteiger partial charge in [-0.15, -0.1) is 0 Å². The second kappa shape index (κ2) is 7.68. The van der Waals surface area contributed by atoms with Gasteiger partial charge < -0.3 is 15.0 Å². The molecule has 0 saturated carbocycles. The molecule has 0 spiro atoms. The van der Waals surface area contributed by atoms with Crippen molar-refractivity contribution in [2.24, 2.45) is 0 Å². The number of anilines is 1. The van der Waals surface area contributed by atoms with Gasteiger partial charge in [-0.1, -0.05) is 11.6 Å². The monoisotopic (exact) mass is 338 g/mol. The van der Waals surface area contributed by atoms with Crippen LogP contribution >= 0.6 is 11.6 Å². The number of hydrogen-bond acceptors (Lipinski definition) is 4. The number of benzene rings is 1. The van der Waals surface area contributed by atoms with Crippen LogP contribution in [-0.2, 0) is 9.53 Å². The first-order chi connectivity index (χ1) is 10.9. The standard InChI is InChI=1S/C17H23ClN2O3/c1-11-5-4-6-12(2)20(11)16(21)10-19-13-7-8-15(18)14(9-13)17(22)23-3/h7-9,11-12,19H,4-6,10H2,1-3H3/t11-,12-/m0/s1. The summed E-state index contributed by atoms with van der Waals surface area (Å²) in [6.45, 7) is 4.37. The van der Waals surface area contributed by atoms with Gasteiger partial charge in [-0.2, -0.15) is 0 Å². The fourth-order valence-electron chi connectivity index (χ4n) is 3.08. The number of methoxy groups -OCH3 is 1. The molecule has 0 aliphatic carbocycles. The first-order valence-electron chi connectivity index (χ1n) is 7.87. The summed E-state index contributed by atoms with van der Waals surface area (Å²) in [5, 5.41) is 3.40. The Labute approximate surface area is 141 Å². The number of ether oxygens (including phenoxy) is 1. The fourth-order valence-corrected chi connectivity index (χ4v) is 3.28. The Balaban J connectivity index is 2.03. The van der Waals surface area contributed by atoms with Crippen molar-refractivity contribution in [2.45, 2.75) is 45.2 Å². The second-order valence-electron chi connectivity index (χ2n) is 5.97. The number of esters is 1. The molecule has 126 valence electrons. The van der Waals surface area contributed by atoms with Gasteiger partial charge in [-0.05, 0) is 51.3 Å². The third kappa shape index (κ3) is 4.16. The van der Waals surface area contributed by atoms with E-state index in [-0.39, 0.29) is 30.1 Å². The number of rotatable bonds is 4. The van der Waals surface area contributed by atoms with E-state index >= 15 is 0 Å². The number of carbonyl (C=O) groups is 2. The van der Waals surface area contributed by atoms with Crippen molar-refractivity contribution in [1.82, 2.24) is 4.90 Å². The molecule has 1 saturated heterocycles. The molecular formula is C17H23ClN2O3. The molecule has 0 bridgehead atoms. The number of amides is 1. The maximum atomic E-state index is 12.5. The van der Waals surface area contributed by atoms with Crippen molar-refractivity contribution < 1.29 is 14.3 Å². The summed E-state index contributed by atoms with van der Waals surface area (Å²) in [5.74, 6) is -0.428. The third-order valence-corrected chi connectivity index (χ3v) is 4.63. The van der Waals surface area contributed by atoms with Gasteiger partial charge >= 0.3 is 5.97 Å². The lowest BCUT2D eigenvalue weighted by molar-refractivity contribution is -0.135. The molecular weight excluding hydrogens is 316 g/mol. The van der Waals surface area contributed by atoms with E-state index in [1.807, 2.05) is 4.90 Å². The van der Waals surface area contributed by atoms with E-state index in [9.17, 15) is 9.59 Å². The quantitative estimate of drug-likeness (QED) is 0.855. The van der Waals surface area contributed by atoms with Gasteiger partial charge in [0.05, 0.1) is 24.2 Å². The van der Waals surface area contributed by atoms with Crippen LogP contribution in [-0.4, -0.2) is 42.5 Å². The Morgan fingerprint density at radius 2 is 1.96 bits per heavy atom. The van der Waals surface area contributed by atoms with Gasteiger partial charge in [0.15, 0.2) is 0 Å². The van der Waals surface area contributed by atoms with Gasteiger partial charge in [-0.3, -0.25) is 4.79 Å². The van der Waals surface area contributed by atoms with Crippen molar-refractivity contribution in [3.05, 3.63) is 28.8 Å². The van der Waals surface area contributed by atoms with Crippen LogP contribution in [0.3, 0.4) is 0 Å². The van der Waals surface area contributed by atoms with Crippen LogP contribution in [0.4, 0.5) is 5.69 Å². The summed E-state index contributed by atoms with van der Waals surface area (Å²) in [7, 11) is 1.31. The minimum Gasteiger partial charge on any atom is -0.465 e. The van der Waals surface area contributed by atoms with Gasteiger partial charge in [0.2, 0.25) is 5.91 Å². The molecule has 0 unspecified atom stereocenters. The maximum absolute atomic E-state index is 12.5. The minimum atomic E-state index is -0.497. The van der Waals surface area contributed by atoms with Gasteiger partial charge in [0.25, 0.3) is 0 Å².